The highest BCUT2D eigenvalue weighted by molar-refractivity contribution is 7.21. The molecule has 1 aliphatic heterocycles. The number of aliphatic imine (C=N–C) groups is 2. The Labute approximate surface area is 196 Å². The Morgan fingerprint density at radius 2 is 1.36 bits per heavy atom. The summed E-state index contributed by atoms with van der Waals surface area (Å²) < 4.78 is 1.19. The van der Waals surface area contributed by atoms with Crippen molar-refractivity contribution in [1.82, 2.24) is 10.3 Å². The molecular weight excluding hydrogens is 424 g/mol. The molecule has 33 heavy (non-hydrogen) atoms. The summed E-state index contributed by atoms with van der Waals surface area (Å²) in [6.07, 6.45) is -0.208. The van der Waals surface area contributed by atoms with Gasteiger partial charge in [0.2, 0.25) is 0 Å². The number of para-hydroxylation sites is 1. The lowest BCUT2D eigenvalue weighted by Gasteiger charge is -2.23. The first-order chi connectivity index (χ1) is 16.3. The van der Waals surface area contributed by atoms with Crippen LogP contribution in [0.25, 0.3) is 20.8 Å². The molecule has 0 saturated heterocycles. The standard InChI is InChI=1S/C28H20N4S/c1-3-10-19(11-4-1)25-30-26(20-12-5-2-6-13-20)32-27(31-25)21-14-9-15-22(18-21)28-29-23-16-7-8-17-24(23)33-28/h1-18,25H,(H,30,31,32). The molecule has 0 bridgehead atoms. The lowest BCUT2D eigenvalue weighted by Crippen LogP contribution is -2.33. The average Bonchev–Trinajstić information content (AvgIpc) is 3.34. The number of fused-ring (bicyclic) bond motifs is 1. The van der Waals surface area contributed by atoms with Gasteiger partial charge in [-0.05, 0) is 23.8 Å². The quantitative estimate of drug-likeness (QED) is 0.346. The summed E-state index contributed by atoms with van der Waals surface area (Å²) in [6, 6.07) is 37.0. The van der Waals surface area contributed by atoms with E-state index in [1.165, 1.54) is 4.70 Å². The number of thiazole rings is 1. The van der Waals surface area contributed by atoms with Crippen LogP contribution in [0.2, 0.25) is 0 Å². The summed E-state index contributed by atoms with van der Waals surface area (Å²) >= 11 is 1.71. The summed E-state index contributed by atoms with van der Waals surface area (Å²) in [5.41, 5.74) is 5.22. The van der Waals surface area contributed by atoms with Crippen molar-refractivity contribution in [2.75, 3.05) is 0 Å². The van der Waals surface area contributed by atoms with Gasteiger partial charge in [-0.1, -0.05) is 91.0 Å². The first-order valence-corrected chi connectivity index (χ1v) is 11.6. The van der Waals surface area contributed by atoms with E-state index in [0.717, 1.165) is 44.4 Å². The summed E-state index contributed by atoms with van der Waals surface area (Å²) in [5.74, 6) is 1.53. The van der Waals surface area contributed by atoms with Crippen LogP contribution in [0.3, 0.4) is 0 Å². The number of rotatable bonds is 4. The maximum absolute atomic E-state index is 4.92. The highest BCUT2D eigenvalue weighted by Gasteiger charge is 2.21. The first-order valence-electron chi connectivity index (χ1n) is 10.8. The molecule has 0 fully saturated rings. The fraction of sp³-hybridized carbons (Fsp3) is 0.0357. The minimum atomic E-state index is -0.208. The van der Waals surface area contributed by atoms with Gasteiger partial charge in [0, 0.05) is 16.7 Å². The van der Waals surface area contributed by atoms with Crippen molar-refractivity contribution >= 4 is 33.2 Å². The molecule has 6 rings (SSSR count). The summed E-state index contributed by atoms with van der Waals surface area (Å²) in [4.78, 5) is 14.7. The van der Waals surface area contributed by atoms with Gasteiger partial charge in [-0.25, -0.2) is 15.0 Å². The number of nitrogens with zero attached hydrogens (tertiary/aromatic N) is 3. The van der Waals surface area contributed by atoms with E-state index in [0.29, 0.717) is 0 Å². The van der Waals surface area contributed by atoms with Crippen LogP contribution in [-0.2, 0) is 0 Å². The fourth-order valence-electron chi connectivity index (χ4n) is 3.91. The number of nitrogens with one attached hydrogen (secondary N) is 1. The number of aromatic nitrogens is 1. The number of hydrogen-bond donors (Lipinski definition) is 1. The third-order valence-corrected chi connectivity index (χ3v) is 6.65. The van der Waals surface area contributed by atoms with Crippen LogP contribution < -0.4 is 5.32 Å². The Hall–Kier alpha value is -4.09. The first kappa shape index (κ1) is 19.6. The monoisotopic (exact) mass is 444 g/mol. The molecule has 5 heteroatoms. The molecule has 0 saturated carbocycles. The number of benzene rings is 4. The minimum Gasteiger partial charge on any atom is -0.344 e. The van der Waals surface area contributed by atoms with Crippen molar-refractivity contribution in [2.45, 2.75) is 6.17 Å². The average molecular weight is 445 g/mol. The van der Waals surface area contributed by atoms with Gasteiger partial charge in [0.1, 0.15) is 17.0 Å². The van der Waals surface area contributed by atoms with Crippen molar-refractivity contribution in [3.8, 4) is 10.6 Å². The molecule has 2 heterocycles. The number of hydrogen-bond acceptors (Lipinski definition) is 5. The molecule has 4 nitrogen and oxygen atoms in total. The molecule has 1 aromatic heterocycles. The normalized spacial score (nSPS) is 15.6. The molecule has 1 atom stereocenters. The van der Waals surface area contributed by atoms with Gasteiger partial charge in [0.15, 0.2) is 5.84 Å². The van der Waals surface area contributed by atoms with E-state index < -0.39 is 0 Å². The smallest absolute Gasteiger partial charge is 0.159 e. The summed E-state index contributed by atoms with van der Waals surface area (Å²) in [6.45, 7) is 0. The predicted molar refractivity (Wildman–Crippen MR) is 137 cm³/mol. The lowest BCUT2D eigenvalue weighted by atomic mass is 10.1. The van der Waals surface area contributed by atoms with E-state index in [1.807, 2.05) is 54.6 Å². The van der Waals surface area contributed by atoms with Gasteiger partial charge in [0.25, 0.3) is 0 Å². The van der Waals surface area contributed by atoms with Crippen molar-refractivity contribution in [1.29, 1.82) is 0 Å². The second-order valence-electron chi connectivity index (χ2n) is 7.80. The largest absolute Gasteiger partial charge is 0.344 e. The molecule has 0 aliphatic carbocycles. The SMILES string of the molecule is c1ccc(C2=NC(c3ccccc3)NC(c3cccc(-c4nc5ccccc5s4)c3)=N2)cc1. The van der Waals surface area contributed by atoms with Crippen LogP contribution in [0.5, 0.6) is 0 Å². The Kier molecular flexibility index (Phi) is 5.01. The Balaban J connectivity index is 1.42. The van der Waals surface area contributed by atoms with Gasteiger partial charge in [-0.15, -0.1) is 11.3 Å². The van der Waals surface area contributed by atoms with E-state index in [4.69, 9.17) is 15.0 Å². The summed E-state index contributed by atoms with van der Waals surface area (Å²) in [5, 5.41) is 4.54. The van der Waals surface area contributed by atoms with Crippen LogP contribution in [0.1, 0.15) is 22.9 Å². The second-order valence-corrected chi connectivity index (χ2v) is 8.83. The van der Waals surface area contributed by atoms with Crippen molar-refractivity contribution < 1.29 is 0 Å². The minimum absolute atomic E-state index is 0.208. The van der Waals surface area contributed by atoms with E-state index in [-0.39, 0.29) is 6.17 Å². The summed E-state index contributed by atoms with van der Waals surface area (Å²) in [7, 11) is 0. The highest BCUT2D eigenvalue weighted by atomic mass is 32.1. The Morgan fingerprint density at radius 1 is 0.667 bits per heavy atom. The van der Waals surface area contributed by atoms with Crippen LogP contribution in [0, 0.1) is 0 Å². The molecule has 5 aromatic rings. The van der Waals surface area contributed by atoms with Gasteiger partial charge in [0.05, 0.1) is 10.2 Å². The van der Waals surface area contributed by atoms with Gasteiger partial charge in [-0.2, -0.15) is 0 Å². The molecule has 0 amide bonds. The molecule has 1 aliphatic rings. The maximum Gasteiger partial charge on any atom is 0.159 e. The third kappa shape index (κ3) is 3.95. The molecule has 4 aromatic carbocycles. The molecule has 0 radical (unpaired) electrons. The van der Waals surface area contributed by atoms with Crippen molar-refractivity contribution in [3.05, 3.63) is 126 Å². The predicted octanol–water partition coefficient (Wildman–Crippen LogP) is 6.46. The van der Waals surface area contributed by atoms with Crippen LogP contribution >= 0.6 is 11.3 Å². The molecule has 1 unspecified atom stereocenters. The topological polar surface area (TPSA) is 49.6 Å². The van der Waals surface area contributed by atoms with Crippen molar-refractivity contribution in [2.24, 2.45) is 9.98 Å². The van der Waals surface area contributed by atoms with E-state index in [2.05, 4.69) is 59.9 Å². The molecule has 158 valence electrons. The van der Waals surface area contributed by atoms with Crippen LogP contribution in [0.4, 0.5) is 0 Å². The zero-order valence-electron chi connectivity index (χ0n) is 17.7. The molecule has 0 spiro atoms. The van der Waals surface area contributed by atoms with Crippen molar-refractivity contribution in [3.63, 3.8) is 0 Å². The van der Waals surface area contributed by atoms with E-state index >= 15 is 0 Å². The van der Waals surface area contributed by atoms with E-state index in [1.54, 1.807) is 11.3 Å². The van der Waals surface area contributed by atoms with Gasteiger partial charge in [-0.3, -0.25) is 0 Å². The van der Waals surface area contributed by atoms with Crippen LogP contribution in [0.15, 0.2) is 119 Å². The number of amidine groups is 2. The molecular formula is C28H20N4S. The highest BCUT2D eigenvalue weighted by Crippen LogP contribution is 2.31. The second kappa shape index (κ2) is 8.45. The molecule has 1 N–H and O–H groups in total. The third-order valence-electron chi connectivity index (χ3n) is 5.57. The zero-order chi connectivity index (χ0) is 22.0. The lowest BCUT2D eigenvalue weighted by molar-refractivity contribution is 0.674. The maximum atomic E-state index is 4.92. The Bertz CT molecular complexity index is 1450. The van der Waals surface area contributed by atoms with Crippen LogP contribution in [-0.4, -0.2) is 16.7 Å². The Morgan fingerprint density at radius 3 is 2.18 bits per heavy atom. The van der Waals surface area contributed by atoms with E-state index in [9.17, 15) is 0 Å². The van der Waals surface area contributed by atoms with Gasteiger partial charge < -0.3 is 5.32 Å². The zero-order valence-corrected chi connectivity index (χ0v) is 18.5. The van der Waals surface area contributed by atoms with Gasteiger partial charge >= 0.3 is 0 Å². The fourth-order valence-corrected chi connectivity index (χ4v) is 4.88.